The molecule has 7 heteroatoms. The van der Waals surface area contributed by atoms with Crippen LogP contribution in [0.4, 0.5) is 4.79 Å². The summed E-state index contributed by atoms with van der Waals surface area (Å²) in [7, 11) is 1.27. The monoisotopic (exact) mass is 350 g/mol. The minimum Gasteiger partial charge on any atom is -0.467 e. The van der Waals surface area contributed by atoms with Crippen molar-refractivity contribution in [1.29, 1.82) is 0 Å². The van der Waals surface area contributed by atoms with E-state index in [9.17, 15) is 14.4 Å². The quantitative estimate of drug-likeness (QED) is 0.700. The van der Waals surface area contributed by atoms with Crippen molar-refractivity contribution >= 4 is 18.0 Å². The summed E-state index contributed by atoms with van der Waals surface area (Å²) in [5.41, 5.74) is 0.845. The lowest BCUT2D eigenvalue weighted by Crippen LogP contribution is -2.51. The molecule has 0 saturated heterocycles. The Bertz CT molecular complexity index is 574. The van der Waals surface area contributed by atoms with Gasteiger partial charge in [-0.05, 0) is 24.8 Å². The fourth-order valence-corrected chi connectivity index (χ4v) is 2.13. The van der Waals surface area contributed by atoms with Gasteiger partial charge in [0.2, 0.25) is 5.91 Å². The molecule has 0 radical (unpaired) electrons. The molecule has 2 amide bonds. The van der Waals surface area contributed by atoms with Crippen LogP contribution in [0.15, 0.2) is 30.3 Å². The zero-order valence-corrected chi connectivity index (χ0v) is 15.1. The average Bonchev–Trinajstić information content (AvgIpc) is 2.59. The fraction of sp³-hybridized carbons (Fsp3) is 0.500. The summed E-state index contributed by atoms with van der Waals surface area (Å²) in [6, 6.07) is 7.62. The van der Waals surface area contributed by atoms with Crippen molar-refractivity contribution in [2.24, 2.45) is 5.92 Å². The van der Waals surface area contributed by atoms with E-state index in [0.29, 0.717) is 6.42 Å². The summed E-state index contributed by atoms with van der Waals surface area (Å²) in [6.45, 7) is 5.50. The molecule has 7 nitrogen and oxygen atoms in total. The third-order valence-corrected chi connectivity index (χ3v) is 3.45. The molecular formula is C18H26N2O5. The van der Waals surface area contributed by atoms with Crippen molar-refractivity contribution in [3.8, 4) is 0 Å². The van der Waals surface area contributed by atoms with E-state index >= 15 is 0 Å². The van der Waals surface area contributed by atoms with E-state index < -0.39 is 30.1 Å². The average molecular weight is 350 g/mol. The van der Waals surface area contributed by atoms with Gasteiger partial charge in [0.25, 0.3) is 0 Å². The van der Waals surface area contributed by atoms with E-state index in [4.69, 9.17) is 9.47 Å². The Morgan fingerprint density at radius 3 is 2.24 bits per heavy atom. The summed E-state index contributed by atoms with van der Waals surface area (Å²) < 4.78 is 9.76. The molecule has 138 valence electrons. The first-order chi connectivity index (χ1) is 11.8. The molecule has 0 fully saturated rings. The maximum absolute atomic E-state index is 12.2. The Labute approximate surface area is 148 Å². The van der Waals surface area contributed by atoms with Gasteiger partial charge in [-0.3, -0.25) is 4.79 Å². The summed E-state index contributed by atoms with van der Waals surface area (Å²) >= 11 is 0. The Morgan fingerprint density at radius 2 is 1.68 bits per heavy atom. The summed E-state index contributed by atoms with van der Waals surface area (Å²) in [6.07, 6.45) is -0.256. The van der Waals surface area contributed by atoms with Gasteiger partial charge in [0.05, 0.1) is 7.11 Å². The largest absolute Gasteiger partial charge is 0.467 e. The molecule has 2 N–H and O–H groups in total. The van der Waals surface area contributed by atoms with E-state index in [1.165, 1.54) is 14.0 Å². The Kier molecular flexibility index (Phi) is 8.46. The van der Waals surface area contributed by atoms with Crippen molar-refractivity contribution in [3.05, 3.63) is 35.9 Å². The maximum Gasteiger partial charge on any atom is 0.408 e. The van der Waals surface area contributed by atoms with Crippen molar-refractivity contribution in [3.63, 3.8) is 0 Å². The minimum absolute atomic E-state index is 0.110. The Balaban J connectivity index is 2.48. The first-order valence-corrected chi connectivity index (χ1v) is 8.19. The number of esters is 1. The van der Waals surface area contributed by atoms with Gasteiger partial charge < -0.3 is 20.1 Å². The number of hydrogen-bond acceptors (Lipinski definition) is 5. The number of nitrogens with one attached hydrogen (secondary N) is 2. The van der Waals surface area contributed by atoms with Gasteiger partial charge in [-0.2, -0.15) is 0 Å². The summed E-state index contributed by atoms with van der Waals surface area (Å²) in [5, 5.41) is 5.03. The minimum atomic E-state index is -0.845. The van der Waals surface area contributed by atoms with Gasteiger partial charge in [-0.1, -0.05) is 44.2 Å². The molecule has 0 heterocycles. The predicted molar refractivity (Wildman–Crippen MR) is 92.6 cm³/mol. The number of ether oxygens (including phenoxy) is 2. The Hall–Kier alpha value is -2.57. The van der Waals surface area contributed by atoms with E-state index in [2.05, 4.69) is 10.6 Å². The molecule has 0 saturated carbocycles. The summed E-state index contributed by atoms with van der Waals surface area (Å²) in [4.78, 5) is 35.7. The number of hydrogen-bond donors (Lipinski definition) is 2. The van der Waals surface area contributed by atoms with Gasteiger partial charge in [0, 0.05) is 0 Å². The van der Waals surface area contributed by atoms with Crippen LogP contribution in [0.3, 0.4) is 0 Å². The third-order valence-electron chi connectivity index (χ3n) is 3.45. The second-order valence-electron chi connectivity index (χ2n) is 6.14. The smallest absolute Gasteiger partial charge is 0.408 e. The maximum atomic E-state index is 12.2. The van der Waals surface area contributed by atoms with Crippen molar-refractivity contribution in [2.75, 3.05) is 7.11 Å². The fourth-order valence-electron chi connectivity index (χ4n) is 2.13. The lowest BCUT2D eigenvalue weighted by atomic mass is 10.0. The highest BCUT2D eigenvalue weighted by Crippen LogP contribution is 2.07. The van der Waals surface area contributed by atoms with Gasteiger partial charge in [-0.25, -0.2) is 9.59 Å². The van der Waals surface area contributed by atoms with E-state index in [0.717, 1.165) is 5.56 Å². The van der Waals surface area contributed by atoms with Crippen LogP contribution in [0.25, 0.3) is 0 Å². The zero-order valence-electron chi connectivity index (χ0n) is 15.1. The van der Waals surface area contributed by atoms with Crippen molar-refractivity contribution in [2.45, 2.75) is 45.9 Å². The second-order valence-corrected chi connectivity index (χ2v) is 6.14. The van der Waals surface area contributed by atoms with Crippen LogP contribution >= 0.6 is 0 Å². The standard InChI is InChI=1S/C18H26N2O5/c1-12(2)10-15(17(22)24-4)20-16(21)13(3)19-18(23)25-11-14-8-6-5-7-9-14/h5-9,12-13,15H,10-11H2,1-4H3,(H,19,23)(H,20,21)/t13-,15+/m1/s1. The molecule has 0 unspecified atom stereocenters. The molecule has 0 aliphatic carbocycles. The first kappa shape index (κ1) is 20.5. The predicted octanol–water partition coefficient (Wildman–Crippen LogP) is 2.01. The van der Waals surface area contributed by atoms with E-state index in [1.54, 1.807) is 0 Å². The molecule has 0 aromatic heterocycles. The van der Waals surface area contributed by atoms with Crippen LogP contribution in [-0.4, -0.2) is 37.2 Å². The number of carbonyl (C=O) groups is 3. The summed E-state index contributed by atoms with van der Waals surface area (Å²) in [5.74, 6) is -0.794. The number of amides is 2. The van der Waals surface area contributed by atoms with Crippen LogP contribution in [0.5, 0.6) is 0 Å². The van der Waals surface area contributed by atoms with E-state index in [-0.39, 0.29) is 12.5 Å². The van der Waals surface area contributed by atoms with Crippen LogP contribution in [0.2, 0.25) is 0 Å². The lowest BCUT2D eigenvalue weighted by molar-refractivity contribution is -0.145. The highest BCUT2D eigenvalue weighted by Gasteiger charge is 2.25. The molecule has 1 rings (SSSR count). The van der Waals surface area contributed by atoms with Crippen molar-refractivity contribution < 1.29 is 23.9 Å². The van der Waals surface area contributed by atoms with Crippen molar-refractivity contribution in [1.82, 2.24) is 10.6 Å². The number of benzene rings is 1. The first-order valence-electron chi connectivity index (χ1n) is 8.19. The SMILES string of the molecule is COC(=O)[C@H](CC(C)C)NC(=O)[C@@H](C)NC(=O)OCc1ccccc1. The molecule has 1 aromatic rings. The van der Waals surface area contributed by atoms with Crippen LogP contribution in [0, 0.1) is 5.92 Å². The van der Waals surface area contributed by atoms with Gasteiger partial charge in [0.1, 0.15) is 18.7 Å². The normalized spacial score (nSPS) is 12.8. The lowest BCUT2D eigenvalue weighted by Gasteiger charge is -2.21. The van der Waals surface area contributed by atoms with Crippen LogP contribution < -0.4 is 10.6 Å². The molecule has 0 spiro atoms. The van der Waals surface area contributed by atoms with Crippen LogP contribution in [-0.2, 0) is 25.7 Å². The highest BCUT2D eigenvalue weighted by atomic mass is 16.5. The second kappa shape index (κ2) is 10.3. The number of methoxy groups -OCH3 is 1. The molecule has 0 aliphatic rings. The van der Waals surface area contributed by atoms with Gasteiger partial charge in [0.15, 0.2) is 0 Å². The van der Waals surface area contributed by atoms with Gasteiger partial charge >= 0.3 is 12.1 Å². The van der Waals surface area contributed by atoms with Crippen LogP contribution in [0.1, 0.15) is 32.8 Å². The number of rotatable bonds is 8. The Morgan fingerprint density at radius 1 is 1.04 bits per heavy atom. The number of alkyl carbamates (subject to hydrolysis) is 1. The topological polar surface area (TPSA) is 93.7 Å². The molecule has 0 bridgehead atoms. The van der Waals surface area contributed by atoms with E-state index in [1.807, 2.05) is 44.2 Å². The third kappa shape index (κ3) is 7.69. The molecule has 2 atom stereocenters. The molecular weight excluding hydrogens is 324 g/mol. The number of carbonyl (C=O) groups excluding carboxylic acids is 3. The highest BCUT2D eigenvalue weighted by molar-refractivity contribution is 5.89. The molecule has 0 aliphatic heterocycles. The van der Waals surface area contributed by atoms with Gasteiger partial charge in [-0.15, -0.1) is 0 Å². The molecule has 25 heavy (non-hydrogen) atoms. The zero-order chi connectivity index (χ0) is 18.8. The molecule has 1 aromatic carbocycles.